The summed E-state index contributed by atoms with van der Waals surface area (Å²) >= 11 is 1.46. The van der Waals surface area contributed by atoms with Crippen LogP contribution in [0.1, 0.15) is 17.3 Å². The molecule has 1 unspecified atom stereocenters. The van der Waals surface area contributed by atoms with Crippen molar-refractivity contribution in [1.29, 1.82) is 0 Å². The highest BCUT2D eigenvalue weighted by Gasteiger charge is 2.31. The molecule has 0 saturated carbocycles. The van der Waals surface area contributed by atoms with Gasteiger partial charge in [-0.3, -0.25) is 4.79 Å². The van der Waals surface area contributed by atoms with Gasteiger partial charge in [-0.2, -0.15) is 5.48 Å². The van der Waals surface area contributed by atoms with E-state index in [-0.39, 0.29) is 5.91 Å². The lowest BCUT2D eigenvalue weighted by molar-refractivity contribution is -0.127. The summed E-state index contributed by atoms with van der Waals surface area (Å²) in [6, 6.07) is 3.10. The fourth-order valence-electron chi connectivity index (χ4n) is 1.91. The van der Waals surface area contributed by atoms with E-state index in [2.05, 4.69) is 10.8 Å². The summed E-state index contributed by atoms with van der Waals surface area (Å²) in [7, 11) is 0.445. The van der Waals surface area contributed by atoms with Gasteiger partial charge in [-0.1, -0.05) is 18.2 Å². The molecule has 1 aromatic heterocycles. The SMILES string of the molecule is CONC(C(=O)N[C@H]1CC=CCOB1O)c1cccs1. The first-order valence-electron chi connectivity index (χ1n) is 6.29. The zero-order chi connectivity index (χ0) is 14.4. The number of thiophene rings is 1. The molecule has 1 aliphatic rings. The van der Waals surface area contributed by atoms with Gasteiger partial charge in [0, 0.05) is 11.5 Å². The van der Waals surface area contributed by atoms with Crippen LogP contribution in [0.15, 0.2) is 29.7 Å². The van der Waals surface area contributed by atoms with Crippen molar-refractivity contribution in [3.8, 4) is 0 Å². The van der Waals surface area contributed by atoms with E-state index in [0.717, 1.165) is 4.88 Å². The van der Waals surface area contributed by atoms with Gasteiger partial charge in [-0.05, 0) is 17.9 Å². The van der Waals surface area contributed by atoms with Crippen molar-refractivity contribution in [1.82, 2.24) is 10.8 Å². The fraction of sp³-hybridized carbons (Fsp3) is 0.417. The smallest absolute Gasteiger partial charge is 0.426 e. The van der Waals surface area contributed by atoms with E-state index in [4.69, 9.17) is 9.49 Å². The van der Waals surface area contributed by atoms with E-state index in [0.29, 0.717) is 13.0 Å². The molecule has 1 aromatic rings. The summed E-state index contributed by atoms with van der Waals surface area (Å²) in [5, 5.41) is 14.5. The molecule has 3 N–H and O–H groups in total. The molecule has 20 heavy (non-hydrogen) atoms. The molecule has 0 spiro atoms. The number of rotatable bonds is 5. The molecule has 1 aliphatic heterocycles. The van der Waals surface area contributed by atoms with Crippen molar-refractivity contribution in [2.45, 2.75) is 18.4 Å². The van der Waals surface area contributed by atoms with Gasteiger partial charge in [0.25, 0.3) is 0 Å². The summed E-state index contributed by atoms with van der Waals surface area (Å²) < 4.78 is 5.15. The van der Waals surface area contributed by atoms with Crippen LogP contribution in [0.5, 0.6) is 0 Å². The molecule has 0 bridgehead atoms. The third-order valence-corrected chi connectivity index (χ3v) is 3.85. The first kappa shape index (κ1) is 15.2. The van der Waals surface area contributed by atoms with E-state index < -0.39 is 19.1 Å². The second kappa shape index (κ2) is 7.56. The molecule has 0 aliphatic carbocycles. The van der Waals surface area contributed by atoms with Crippen LogP contribution in [0.25, 0.3) is 0 Å². The highest BCUT2D eigenvalue weighted by molar-refractivity contribution is 7.10. The minimum absolute atomic E-state index is 0.266. The maximum Gasteiger partial charge on any atom is 0.478 e. The van der Waals surface area contributed by atoms with Gasteiger partial charge in [-0.25, -0.2) is 0 Å². The lowest BCUT2D eigenvalue weighted by Crippen LogP contribution is -2.50. The van der Waals surface area contributed by atoms with Gasteiger partial charge >= 0.3 is 7.12 Å². The van der Waals surface area contributed by atoms with Crippen molar-refractivity contribution in [3.05, 3.63) is 34.5 Å². The zero-order valence-electron chi connectivity index (χ0n) is 11.1. The highest BCUT2D eigenvalue weighted by Crippen LogP contribution is 2.19. The Bertz CT molecular complexity index is 454. The lowest BCUT2D eigenvalue weighted by Gasteiger charge is -2.21. The molecule has 0 radical (unpaired) electrons. The van der Waals surface area contributed by atoms with E-state index >= 15 is 0 Å². The molecule has 108 valence electrons. The van der Waals surface area contributed by atoms with Crippen LogP contribution in [0, 0.1) is 0 Å². The third-order valence-electron chi connectivity index (χ3n) is 2.92. The Kier molecular flexibility index (Phi) is 5.75. The molecule has 6 nitrogen and oxygen atoms in total. The predicted molar refractivity (Wildman–Crippen MR) is 76.8 cm³/mol. The largest absolute Gasteiger partial charge is 0.478 e. The van der Waals surface area contributed by atoms with Gasteiger partial charge in [-0.15, -0.1) is 11.3 Å². The number of hydrogen-bond acceptors (Lipinski definition) is 6. The number of carbonyl (C=O) groups is 1. The maximum atomic E-state index is 12.3. The topological polar surface area (TPSA) is 79.8 Å². The van der Waals surface area contributed by atoms with E-state index in [1.807, 2.05) is 29.7 Å². The first-order valence-corrected chi connectivity index (χ1v) is 7.17. The van der Waals surface area contributed by atoms with Gasteiger partial charge in [0.2, 0.25) is 5.91 Å². The van der Waals surface area contributed by atoms with Crippen LogP contribution >= 0.6 is 11.3 Å². The number of nitrogens with one attached hydrogen (secondary N) is 2. The Hall–Kier alpha value is -1.19. The summed E-state index contributed by atoms with van der Waals surface area (Å²) in [6.45, 7) is 0.345. The van der Waals surface area contributed by atoms with Crippen LogP contribution in [0.3, 0.4) is 0 Å². The van der Waals surface area contributed by atoms with Crippen molar-refractivity contribution in [2.24, 2.45) is 0 Å². The van der Waals surface area contributed by atoms with E-state index in [1.165, 1.54) is 18.4 Å². The van der Waals surface area contributed by atoms with E-state index in [1.54, 1.807) is 0 Å². The van der Waals surface area contributed by atoms with Crippen LogP contribution in [0.2, 0.25) is 0 Å². The van der Waals surface area contributed by atoms with Crippen molar-refractivity contribution < 1.29 is 19.3 Å². The summed E-state index contributed by atoms with van der Waals surface area (Å²) in [4.78, 5) is 18.0. The summed E-state index contributed by atoms with van der Waals surface area (Å²) in [5.41, 5.74) is 2.66. The average molecular weight is 296 g/mol. The average Bonchev–Trinajstić information content (AvgIpc) is 2.89. The molecule has 2 atom stereocenters. The second-order valence-corrected chi connectivity index (χ2v) is 5.30. The van der Waals surface area contributed by atoms with Crippen molar-refractivity contribution in [2.75, 3.05) is 13.7 Å². The van der Waals surface area contributed by atoms with Gasteiger partial charge < -0.3 is 19.8 Å². The summed E-state index contributed by atoms with van der Waals surface area (Å²) in [6.07, 6.45) is 4.22. The Morgan fingerprint density at radius 3 is 3.20 bits per heavy atom. The Balaban J connectivity index is 2.02. The van der Waals surface area contributed by atoms with Crippen LogP contribution in [-0.2, 0) is 14.3 Å². The number of carbonyl (C=O) groups excluding carboxylic acids is 1. The summed E-state index contributed by atoms with van der Waals surface area (Å²) in [5.74, 6) is -0.736. The Morgan fingerprint density at radius 2 is 2.50 bits per heavy atom. The lowest BCUT2D eigenvalue weighted by atomic mass is 9.77. The molecule has 2 rings (SSSR count). The highest BCUT2D eigenvalue weighted by atomic mass is 32.1. The molecule has 0 aromatic carbocycles. The Morgan fingerprint density at radius 1 is 1.65 bits per heavy atom. The zero-order valence-corrected chi connectivity index (χ0v) is 11.9. The molecule has 2 heterocycles. The third kappa shape index (κ3) is 3.91. The monoisotopic (exact) mass is 296 g/mol. The van der Waals surface area contributed by atoms with Gasteiger partial charge in [0.1, 0.15) is 6.04 Å². The standard InChI is InChI=1S/C12H17BN2O4S/c1-18-15-11(9-5-4-8-20-9)12(16)14-10-6-2-3-7-19-13(10)17/h2-5,8,10-11,15,17H,6-7H2,1H3,(H,14,16)/t10-,11?/m0/s1. The minimum atomic E-state index is -1.01. The number of hydroxylamine groups is 1. The van der Waals surface area contributed by atoms with Gasteiger partial charge in [0.05, 0.1) is 13.1 Å². The molecule has 0 fully saturated rings. The molecule has 0 saturated heterocycles. The fourth-order valence-corrected chi connectivity index (χ4v) is 2.67. The molecule has 1 amide bonds. The number of hydrogen-bond donors (Lipinski definition) is 3. The maximum absolute atomic E-state index is 12.3. The van der Waals surface area contributed by atoms with Crippen LogP contribution < -0.4 is 10.8 Å². The van der Waals surface area contributed by atoms with Gasteiger partial charge in [0.15, 0.2) is 0 Å². The van der Waals surface area contributed by atoms with E-state index in [9.17, 15) is 9.82 Å². The molecule has 8 heteroatoms. The minimum Gasteiger partial charge on any atom is -0.426 e. The normalized spacial score (nSPS) is 20.5. The second-order valence-electron chi connectivity index (χ2n) is 4.32. The van der Waals surface area contributed by atoms with Crippen molar-refractivity contribution in [3.63, 3.8) is 0 Å². The van der Waals surface area contributed by atoms with Crippen LogP contribution in [0.4, 0.5) is 0 Å². The molecular formula is C12H17BN2O4S. The quantitative estimate of drug-likeness (QED) is 0.417. The van der Waals surface area contributed by atoms with Crippen molar-refractivity contribution >= 4 is 24.4 Å². The number of amides is 1. The van der Waals surface area contributed by atoms with Crippen LogP contribution in [-0.4, -0.2) is 37.7 Å². The molecular weight excluding hydrogens is 279 g/mol. The Labute approximate surface area is 121 Å². The first-order chi connectivity index (χ1) is 9.72. The predicted octanol–water partition coefficient (Wildman–Crippen LogP) is 0.421.